The van der Waals surface area contributed by atoms with Gasteiger partial charge in [0.1, 0.15) is 5.72 Å². The molecule has 1 rings (SSSR count). The maximum Gasteiger partial charge on any atom is 0.139 e. The van der Waals surface area contributed by atoms with Crippen LogP contribution in [0.1, 0.15) is 91.5 Å². The highest BCUT2D eigenvalue weighted by Gasteiger charge is 2.20. The van der Waals surface area contributed by atoms with Gasteiger partial charge in [0.15, 0.2) is 0 Å². The molecule has 0 amide bonds. The summed E-state index contributed by atoms with van der Waals surface area (Å²) < 4.78 is 0. The number of nitrogens with one attached hydrogen (secondary N) is 6. The molecule has 0 saturated heterocycles. The number of hydrogen-bond acceptors (Lipinski definition) is 9. The zero-order chi connectivity index (χ0) is 31.6. The summed E-state index contributed by atoms with van der Waals surface area (Å²) in [6.07, 6.45) is 9.24. The van der Waals surface area contributed by atoms with Crippen molar-refractivity contribution in [1.29, 1.82) is 0 Å². The Hall–Kier alpha value is -1.14. The van der Waals surface area contributed by atoms with Gasteiger partial charge in [0.05, 0.1) is 0 Å². The Kier molecular flexibility index (Phi) is 35.2. The van der Waals surface area contributed by atoms with Crippen molar-refractivity contribution in [3.63, 3.8) is 0 Å². The van der Waals surface area contributed by atoms with Crippen LogP contribution in [0.3, 0.4) is 0 Å². The van der Waals surface area contributed by atoms with Gasteiger partial charge in [0.2, 0.25) is 0 Å². The van der Waals surface area contributed by atoms with E-state index in [0.717, 1.165) is 103 Å². The first-order valence-electron chi connectivity index (χ1n) is 16.9. The first-order valence-corrected chi connectivity index (χ1v) is 16.9. The Morgan fingerprint density at radius 2 is 0.976 bits per heavy atom. The smallest absolute Gasteiger partial charge is 0.139 e. The second kappa shape index (κ2) is 34.4. The van der Waals surface area contributed by atoms with Crippen LogP contribution < -0.4 is 43.4 Å². The van der Waals surface area contributed by atoms with Crippen LogP contribution in [-0.4, -0.2) is 89.7 Å². The summed E-state index contributed by atoms with van der Waals surface area (Å²) in [4.78, 5) is 0. The fourth-order valence-electron chi connectivity index (χ4n) is 3.97. The summed E-state index contributed by atoms with van der Waals surface area (Å²) in [5.74, 6) is 0. The molecular weight excluding hydrogens is 524 g/mol. The SMILES string of the molecule is CC.CC(C)NCCCNCCCCNCCCN.CC(O)(NCCCNCCCCNCCCN)c1ccccc1. The Morgan fingerprint density at radius 3 is 1.38 bits per heavy atom. The van der Waals surface area contributed by atoms with Crippen molar-refractivity contribution >= 4 is 0 Å². The van der Waals surface area contributed by atoms with E-state index in [1.165, 1.54) is 32.1 Å². The number of hydrogen-bond donors (Lipinski definition) is 9. The van der Waals surface area contributed by atoms with Gasteiger partial charge >= 0.3 is 0 Å². The lowest BCUT2D eigenvalue weighted by atomic mass is 10.1. The molecule has 0 aliphatic heterocycles. The number of aliphatic hydroxyl groups is 1. The predicted molar refractivity (Wildman–Crippen MR) is 185 cm³/mol. The van der Waals surface area contributed by atoms with E-state index in [-0.39, 0.29) is 0 Å². The summed E-state index contributed by atoms with van der Waals surface area (Å²) in [5, 5.41) is 30.7. The molecule has 0 bridgehead atoms. The van der Waals surface area contributed by atoms with Crippen molar-refractivity contribution in [1.82, 2.24) is 31.9 Å². The Morgan fingerprint density at radius 1 is 0.595 bits per heavy atom. The molecule has 1 aromatic carbocycles. The normalized spacial score (nSPS) is 12.3. The lowest BCUT2D eigenvalue weighted by Gasteiger charge is -2.25. The molecule has 0 aliphatic carbocycles. The third kappa shape index (κ3) is 31.8. The first kappa shape index (κ1) is 43.0. The largest absolute Gasteiger partial charge is 0.372 e. The summed E-state index contributed by atoms with van der Waals surface area (Å²) >= 11 is 0. The zero-order valence-corrected chi connectivity index (χ0v) is 28.2. The highest BCUT2D eigenvalue weighted by Crippen LogP contribution is 2.16. The maximum absolute atomic E-state index is 10.4. The van der Waals surface area contributed by atoms with E-state index in [1.54, 1.807) is 6.92 Å². The van der Waals surface area contributed by atoms with Crippen molar-refractivity contribution < 1.29 is 5.11 Å². The van der Waals surface area contributed by atoms with Crippen molar-refractivity contribution in [2.75, 3.05) is 78.5 Å². The summed E-state index contributed by atoms with van der Waals surface area (Å²) in [5.41, 5.74) is 10.8. The predicted octanol–water partition coefficient (Wildman–Crippen LogP) is 2.85. The van der Waals surface area contributed by atoms with Crippen molar-refractivity contribution in [3.05, 3.63) is 35.9 Å². The standard InChI is InChI=1S/C18H34N4O.C13H32N4.C2H6/c1-18(23,17-9-3-2-4-10-17)22-16-8-15-21-13-6-5-12-20-14-7-11-19;1-13(2)17-12-6-11-16-9-4-3-8-15-10-5-7-14;1-2/h2-4,9-10,20-23H,5-8,11-16,19H2,1H3;13,15-17H,3-12,14H2,1-2H3;1-2H3. The second-order valence-corrected chi connectivity index (χ2v) is 10.9. The average Bonchev–Trinajstić information content (AvgIpc) is 3.00. The first-order chi connectivity index (χ1) is 20.4. The number of benzene rings is 1. The van der Waals surface area contributed by atoms with Gasteiger partial charge in [-0.25, -0.2) is 0 Å². The molecule has 250 valence electrons. The monoisotopic (exact) mass is 597 g/mol. The summed E-state index contributed by atoms with van der Waals surface area (Å²) in [6.45, 7) is 22.2. The molecule has 1 aromatic rings. The molecule has 0 radical (unpaired) electrons. The fraction of sp³-hybridized carbons (Fsp3) is 0.818. The van der Waals surface area contributed by atoms with Gasteiger partial charge < -0.3 is 43.2 Å². The molecule has 1 atom stereocenters. The van der Waals surface area contributed by atoms with E-state index in [2.05, 4.69) is 45.7 Å². The van der Waals surface area contributed by atoms with Gasteiger partial charge in [-0.2, -0.15) is 0 Å². The minimum absolute atomic E-state index is 0.606. The molecule has 0 aliphatic rings. The van der Waals surface area contributed by atoms with E-state index in [0.29, 0.717) is 6.04 Å². The van der Waals surface area contributed by atoms with Crippen molar-refractivity contribution in [2.45, 2.75) is 97.8 Å². The number of rotatable bonds is 27. The van der Waals surface area contributed by atoms with Gasteiger partial charge in [-0.05, 0) is 142 Å². The van der Waals surface area contributed by atoms with Crippen LogP contribution in [-0.2, 0) is 5.72 Å². The number of unbranched alkanes of at least 4 members (excludes halogenated alkanes) is 2. The molecule has 0 heterocycles. The molecule has 0 aromatic heterocycles. The third-order valence-corrected chi connectivity index (χ3v) is 6.45. The molecule has 9 nitrogen and oxygen atoms in total. The van der Waals surface area contributed by atoms with E-state index in [1.807, 2.05) is 44.2 Å². The van der Waals surface area contributed by atoms with Gasteiger partial charge in [0.25, 0.3) is 0 Å². The third-order valence-electron chi connectivity index (χ3n) is 6.45. The zero-order valence-electron chi connectivity index (χ0n) is 28.2. The van der Waals surface area contributed by atoms with Crippen molar-refractivity contribution in [3.8, 4) is 0 Å². The molecule has 11 N–H and O–H groups in total. The van der Waals surface area contributed by atoms with Crippen LogP contribution >= 0.6 is 0 Å². The number of nitrogens with two attached hydrogens (primary N) is 2. The topological polar surface area (TPSA) is 144 Å². The van der Waals surface area contributed by atoms with Gasteiger partial charge in [-0.1, -0.05) is 58.0 Å². The highest BCUT2D eigenvalue weighted by molar-refractivity contribution is 5.20. The minimum Gasteiger partial charge on any atom is -0.372 e. The van der Waals surface area contributed by atoms with E-state index in [9.17, 15) is 5.11 Å². The molecule has 0 fully saturated rings. The molecular formula is C33H72N8O. The van der Waals surface area contributed by atoms with Crippen LogP contribution in [0, 0.1) is 0 Å². The van der Waals surface area contributed by atoms with E-state index < -0.39 is 5.72 Å². The lowest BCUT2D eigenvalue weighted by Crippen LogP contribution is -2.40. The second-order valence-electron chi connectivity index (χ2n) is 10.9. The van der Waals surface area contributed by atoms with E-state index >= 15 is 0 Å². The Bertz CT molecular complexity index is 619. The lowest BCUT2D eigenvalue weighted by molar-refractivity contribution is 0.0200. The molecule has 42 heavy (non-hydrogen) atoms. The molecule has 0 saturated carbocycles. The highest BCUT2D eigenvalue weighted by atomic mass is 16.3. The van der Waals surface area contributed by atoms with Crippen LogP contribution in [0.15, 0.2) is 30.3 Å². The van der Waals surface area contributed by atoms with E-state index in [4.69, 9.17) is 11.5 Å². The Labute approximate surface area is 260 Å². The van der Waals surface area contributed by atoms with Gasteiger partial charge in [-0.15, -0.1) is 0 Å². The van der Waals surface area contributed by atoms with Crippen LogP contribution in [0.5, 0.6) is 0 Å². The van der Waals surface area contributed by atoms with Crippen LogP contribution in [0.25, 0.3) is 0 Å². The molecule has 0 spiro atoms. The minimum atomic E-state index is -0.962. The molecule has 1 unspecified atom stereocenters. The summed E-state index contributed by atoms with van der Waals surface area (Å²) in [7, 11) is 0. The quantitative estimate of drug-likeness (QED) is 0.0553. The Balaban J connectivity index is 0. The van der Waals surface area contributed by atoms with Crippen molar-refractivity contribution in [2.24, 2.45) is 11.5 Å². The van der Waals surface area contributed by atoms with Crippen LogP contribution in [0.4, 0.5) is 0 Å². The van der Waals surface area contributed by atoms with Gasteiger partial charge in [-0.3, -0.25) is 5.32 Å². The van der Waals surface area contributed by atoms with Crippen LogP contribution in [0.2, 0.25) is 0 Å². The maximum atomic E-state index is 10.4. The average molecular weight is 597 g/mol. The summed E-state index contributed by atoms with van der Waals surface area (Å²) in [6, 6.07) is 10.3. The fourth-order valence-corrected chi connectivity index (χ4v) is 3.97. The van der Waals surface area contributed by atoms with Gasteiger partial charge in [0, 0.05) is 6.04 Å². The molecule has 9 heteroatoms.